The van der Waals surface area contributed by atoms with Crippen molar-refractivity contribution in [2.75, 3.05) is 11.9 Å². The minimum absolute atomic E-state index is 0.153. The van der Waals surface area contributed by atoms with Gasteiger partial charge in [0.2, 0.25) is 10.0 Å². The van der Waals surface area contributed by atoms with E-state index in [1.807, 2.05) is 0 Å². The van der Waals surface area contributed by atoms with Crippen LogP contribution in [0, 0.1) is 0 Å². The normalized spacial score (nSPS) is 11.2. The summed E-state index contributed by atoms with van der Waals surface area (Å²) in [5.41, 5.74) is 2.35. The van der Waals surface area contributed by atoms with Crippen molar-refractivity contribution in [3.05, 3.63) is 89.4 Å². The number of anilines is 1. The van der Waals surface area contributed by atoms with Gasteiger partial charge in [-0.3, -0.25) is 4.79 Å². The average molecular weight is 496 g/mol. The number of amides is 1. The average Bonchev–Trinajstić information content (AvgIpc) is 2.82. The molecule has 172 valence electrons. The second kappa shape index (κ2) is 9.60. The lowest BCUT2D eigenvalue weighted by atomic mass is 10.0. The number of nitrogens with two attached hydrogens (primary N) is 1. The van der Waals surface area contributed by atoms with Crippen LogP contribution in [0.2, 0.25) is 5.02 Å². The molecule has 1 aromatic heterocycles. The number of para-hydroxylation sites is 1. The van der Waals surface area contributed by atoms with Crippen molar-refractivity contribution in [1.82, 2.24) is 4.98 Å². The van der Waals surface area contributed by atoms with Crippen molar-refractivity contribution >= 4 is 50.1 Å². The van der Waals surface area contributed by atoms with E-state index in [0.29, 0.717) is 21.6 Å². The van der Waals surface area contributed by atoms with Gasteiger partial charge in [-0.15, -0.1) is 0 Å². The van der Waals surface area contributed by atoms with E-state index < -0.39 is 28.5 Å². The second-order valence-corrected chi connectivity index (χ2v) is 9.27. The maximum absolute atomic E-state index is 12.9. The number of esters is 1. The number of rotatable bonds is 6. The molecule has 3 N–H and O–H groups in total. The number of benzene rings is 3. The summed E-state index contributed by atoms with van der Waals surface area (Å²) in [6.07, 6.45) is 0. The Hall–Kier alpha value is -3.79. The molecule has 34 heavy (non-hydrogen) atoms. The Morgan fingerprint density at radius 3 is 2.44 bits per heavy atom. The molecule has 0 radical (unpaired) electrons. The highest BCUT2D eigenvalue weighted by molar-refractivity contribution is 7.89. The van der Waals surface area contributed by atoms with E-state index in [2.05, 4.69) is 10.3 Å². The van der Waals surface area contributed by atoms with Crippen molar-refractivity contribution in [3.8, 4) is 11.3 Å². The number of ether oxygens (including phenoxy) is 1. The largest absolute Gasteiger partial charge is 0.452 e. The van der Waals surface area contributed by atoms with Crippen molar-refractivity contribution < 1.29 is 22.7 Å². The molecule has 0 aliphatic carbocycles. The molecule has 0 aliphatic heterocycles. The Bertz CT molecular complexity index is 1510. The molecule has 0 bridgehead atoms. The highest BCUT2D eigenvalue weighted by Crippen LogP contribution is 2.26. The highest BCUT2D eigenvalue weighted by atomic mass is 35.5. The fourth-order valence-corrected chi connectivity index (χ4v) is 3.96. The number of halogens is 1. The number of nitrogens with one attached hydrogen (secondary N) is 1. The summed E-state index contributed by atoms with van der Waals surface area (Å²) in [6.45, 7) is -0.578. The lowest BCUT2D eigenvalue weighted by Gasteiger charge is -2.11. The monoisotopic (exact) mass is 495 g/mol. The predicted octanol–water partition coefficient (Wildman–Crippen LogP) is 4.00. The van der Waals surface area contributed by atoms with Crippen molar-refractivity contribution in [2.45, 2.75) is 4.90 Å². The van der Waals surface area contributed by atoms with Gasteiger partial charge in [0.25, 0.3) is 5.91 Å². The van der Waals surface area contributed by atoms with Gasteiger partial charge in [-0.05, 0) is 42.5 Å². The molecule has 0 aliphatic rings. The van der Waals surface area contributed by atoms with Gasteiger partial charge in [-0.25, -0.2) is 23.3 Å². The number of carbonyl (C=O) groups excluding carboxylic acids is 2. The van der Waals surface area contributed by atoms with Crippen LogP contribution in [0.25, 0.3) is 22.2 Å². The van der Waals surface area contributed by atoms with Crippen molar-refractivity contribution in [2.24, 2.45) is 5.14 Å². The minimum atomic E-state index is -3.92. The van der Waals surface area contributed by atoms with Crippen LogP contribution < -0.4 is 10.5 Å². The summed E-state index contributed by atoms with van der Waals surface area (Å²) in [4.78, 5) is 29.6. The number of aromatic nitrogens is 1. The van der Waals surface area contributed by atoms with Crippen LogP contribution >= 0.6 is 11.6 Å². The third-order valence-corrected chi connectivity index (χ3v) is 6.02. The van der Waals surface area contributed by atoms with Gasteiger partial charge in [-0.2, -0.15) is 0 Å². The summed E-state index contributed by atoms with van der Waals surface area (Å²) in [5, 5.41) is 8.73. The lowest BCUT2D eigenvalue weighted by Crippen LogP contribution is -2.21. The zero-order chi connectivity index (χ0) is 24.3. The van der Waals surface area contributed by atoms with Crippen LogP contribution in [0.3, 0.4) is 0 Å². The van der Waals surface area contributed by atoms with Crippen LogP contribution in [0.5, 0.6) is 0 Å². The number of primary sulfonamides is 1. The molecule has 0 saturated carbocycles. The molecule has 1 amide bonds. The SMILES string of the molecule is NS(=O)(=O)c1cccc(NC(=O)COC(=O)c2cc(-c3ccc(Cl)cc3)nc3ccccc23)c1. The van der Waals surface area contributed by atoms with Crippen LogP contribution in [-0.2, 0) is 19.6 Å². The standard InChI is InChI=1S/C24H18ClN3O5S/c25-16-10-8-15(9-11-16)22-13-20(19-6-1-2-7-21(19)28-22)24(30)33-14-23(29)27-17-4-3-5-18(12-17)34(26,31)32/h1-13H,14H2,(H,27,29)(H2,26,31,32). The van der Waals surface area contributed by atoms with Crippen LogP contribution in [0.1, 0.15) is 10.4 Å². The van der Waals surface area contributed by atoms with Gasteiger partial charge >= 0.3 is 5.97 Å². The van der Waals surface area contributed by atoms with E-state index >= 15 is 0 Å². The molecule has 1 heterocycles. The minimum Gasteiger partial charge on any atom is -0.452 e. The number of pyridine rings is 1. The summed E-state index contributed by atoms with van der Waals surface area (Å²) < 4.78 is 28.2. The Kier molecular flexibility index (Phi) is 6.60. The molecule has 3 aromatic carbocycles. The molecule has 0 spiro atoms. The number of hydrogen-bond donors (Lipinski definition) is 2. The molecule has 10 heteroatoms. The predicted molar refractivity (Wildman–Crippen MR) is 129 cm³/mol. The number of carbonyl (C=O) groups is 2. The summed E-state index contributed by atoms with van der Waals surface area (Å²) in [6, 6.07) is 21.2. The Labute approximate surface area is 200 Å². The topological polar surface area (TPSA) is 128 Å². The zero-order valence-electron chi connectivity index (χ0n) is 17.6. The van der Waals surface area contributed by atoms with Gasteiger partial charge in [0.15, 0.2) is 6.61 Å². The summed E-state index contributed by atoms with van der Waals surface area (Å²) in [5.74, 6) is -1.35. The highest BCUT2D eigenvalue weighted by Gasteiger charge is 2.17. The van der Waals surface area contributed by atoms with Gasteiger partial charge in [0.05, 0.1) is 21.7 Å². The second-order valence-electron chi connectivity index (χ2n) is 7.28. The Balaban J connectivity index is 1.54. The summed E-state index contributed by atoms with van der Waals surface area (Å²) in [7, 11) is -3.92. The van der Waals surface area contributed by atoms with Crippen LogP contribution in [-0.4, -0.2) is 31.9 Å². The van der Waals surface area contributed by atoms with E-state index in [9.17, 15) is 18.0 Å². The Morgan fingerprint density at radius 1 is 0.971 bits per heavy atom. The van der Waals surface area contributed by atoms with Gasteiger partial charge in [0, 0.05) is 21.7 Å². The lowest BCUT2D eigenvalue weighted by molar-refractivity contribution is -0.119. The van der Waals surface area contributed by atoms with Gasteiger partial charge < -0.3 is 10.1 Å². The van der Waals surface area contributed by atoms with Crippen molar-refractivity contribution in [1.29, 1.82) is 0 Å². The van der Waals surface area contributed by atoms with E-state index in [4.69, 9.17) is 21.5 Å². The number of sulfonamides is 1. The van der Waals surface area contributed by atoms with Gasteiger partial charge in [-0.1, -0.05) is 48.0 Å². The maximum atomic E-state index is 12.9. The fraction of sp³-hybridized carbons (Fsp3) is 0.0417. The molecule has 8 nitrogen and oxygen atoms in total. The molecule has 0 fully saturated rings. The first-order valence-electron chi connectivity index (χ1n) is 9.96. The first-order valence-corrected chi connectivity index (χ1v) is 11.9. The number of hydrogen-bond acceptors (Lipinski definition) is 6. The quantitative estimate of drug-likeness (QED) is 0.389. The smallest absolute Gasteiger partial charge is 0.339 e. The number of nitrogens with zero attached hydrogens (tertiary/aromatic N) is 1. The first kappa shape index (κ1) is 23.4. The zero-order valence-corrected chi connectivity index (χ0v) is 19.1. The third kappa shape index (κ3) is 5.40. The molecular weight excluding hydrogens is 478 g/mol. The summed E-state index contributed by atoms with van der Waals surface area (Å²) >= 11 is 5.97. The maximum Gasteiger partial charge on any atom is 0.339 e. The van der Waals surface area contributed by atoms with E-state index in [1.165, 1.54) is 24.3 Å². The van der Waals surface area contributed by atoms with Gasteiger partial charge in [0.1, 0.15) is 0 Å². The van der Waals surface area contributed by atoms with Crippen molar-refractivity contribution in [3.63, 3.8) is 0 Å². The fourth-order valence-electron chi connectivity index (χ4n) is 3.27. The van der Waals surface area contributed by atoms with E-state index in [-0.39, 0.29) is 16.1 Å². The first-order chi connectivity index (χ1) is 16.2. The van der Waals surface area contributed by atoms with Crippen LogP contribution in [0.15, 0.2) is 83.8 Å². The van der Waals surface area contributed by atoms with E-state index in [1.54, 1.807) is 54.6 Å². The van der Waals surface area contributed by atoms with Crippen LogP contribution in [0.4, 0.5) is 5.69 Å². The molecule has 0 saturated heterocycles. The molecule has 4 rings (SSSR count). The van der Waals surface area contributed by atoms with E-state index in [0.717, 1.165) is 5.56 Å². The molecule has 0 unspecified atom stereocenters. The molecule has 0 atom stereocenters. The number of fused-ring (bicyclic) bond motifs is 1. The molecular formula is C24H18ClN3O5S. The Morgan fingerprint density at radius 2 is 1.71 bits per heavy atom. The third-order valence-electron chi connectivity index (χ3n) is 4.86. The molecule has 4 aromatic rings.